The molecular weight excluding hydrogens is 471 g/mol. The molecule has 0 atom stereocenters. The van der Waals surface area contributed by atoms with Crippen LogP contribution in [0, 0.1) is 12.5 Å². The minimum absolute atomic E-state index is 0.102. The summed E-state index contributed by atoms with van der Waals surface area (Å²) < 4.78 is 67.8. The molecule has 0 aromatic heterocycles. The Kier molecular flexibility index (Phi) is 6.81. The van der Waals surface area contributed by atoms with Crippen LogP contribution < -0.4 is 4.74 Å². The summed E-state index contributed by atoms with van der Waals surface area (Å²) in [4.78, 5) is 9.12. The van der Waals surface area contributed by atoms with Crippen molar-refractivity contribution in [2.75, 3.05) is 13.1 Å². The summed E-state index contributed by atoms with van der Waals surface area (Å²) in [6.45, 7) is 7.60. The molecule has 1 saturated heterocycles. The molecule has 1 heterocycles. The number of halogens is 3. The van der Waals surface area contributed by atoms with Crippen LogP contribution in [0.1, 0.15) is 31.2 Å². The molecular formula is C23H22F3N3O4S. The Bertz CT molecular complexity index is 1200. The third-order valence-corrected chi connectivity index (χ3v) is 7.54. The van der Waals surface area contributed by atoms with Gasteiger partial charge in [-0.25, -0.2) is 13.3 Å². The maximum Gasteiger partial charge on any atom is 0.573 e. The third-order valence-electron chi connectivity index (χ3n) is 5.63. The highest BCUT2D eigenvalue weighted by Crippen LogP contribution is 2.35. The predicted octanol–water partition coefficient (Wildman–Crippen LogP) is 5.12. The van der Waals surface area contributed by atoms with Crippen molar-refractivity contribution in [3.05, 3.63) is 65.5 Å². The van der Waals surface area contributed by atoms with Crippen LogP contribution in [0.4, 0.5) is 18.9 Å². The predicted molar refractivity (Wildman–Crippen MR) is 118 cm³/mol. The zero-order valence-corrected chi connectivity index (χ0v) is 18.8. The molecule has 2 aromatic carbocycles. The Morgan fingerprint density at radius 3 is 2.32 bits per heavy atom. The Balaban J connectivity index is 1.37. The van der Waals surface area contributed by atoms with Gasteiger partial charge in [0.25, 0.3) is 0 Å². The van der Waals surface area contributed by atoms with Gasteiger partial charge in [0.05, 0.1) is 17.2 Å². The molecule has 7 nitrogen and oxygen atoms in total. The standard InChI is InChI=1S/C23H22F3N3O4S/c1-27-18-4-2-3-17(15-18)22(16-5-6-16)28-33-20-11-13-29(14-12-20)34(30,31)21-9-7-19(8-10-21)32-23(24,25)26/h2-4,7-10,15-16,20H,5-6,11-14H2/b28-22-. The third kappa shape index (κ3) is 5.87. The Morgan fingerprint density at radius 1 is 1.06 bits per heavy atom. The number of hydrogen-bond acceptors (Lipinski definition) is 5. The highest BCUT2D eigenvalue weighted by Gasteiger charge is 2.33. The molecule has 180 valence electrons. The molecule has 4 rings (SSSR count). The van der Waals surface area contributed by atoms with E-state index in [1.165, 1.54) is 4.31 Å². The van der Waals surface area contributed by atoms with Crippen LogP contribution in [0.2, 0.25) is 0 Å². The molecule has 11 heteroatoms. The zero-order chi connectivity index (χ0) is 24.3. The second-order valence-electron chi connectivity index (χ2n) is 8.14. The van der Waals surface area contributed by atoms with E-state index in [-0.39, 0.29) is 24.1 Å². The van der Waals surface area contributed by atoms with Crippen LogP contribution in [0.25, 0.3) is 4.85 Å². The van der Waals surface area contributed by atoms with Crippen LogP contribution in [0.5, 0.6) is 5.75 Å². The molecule has 2 fully saturated rings. The molecule has 0 amide bonds. The van der Waals surface area contributed by atoms with Crippen molar-refractivity contribution < 1.29 is 31.2 Å². The molecule has 34 heavy (non-hydrogen) atoms. The summed E-state index contributed by atoms with van der Waals surface area (Å²) >= 11 is 0. The molecule has 0 N–H and O–H groups in total. The van der Waals surface area contributed by atoms with Crippen molar-refractivity contribution in [1.82, 2.24) is 4.31 Å². The second kappa shape index (κ2) is 9.64. The number of rotatable bonds is 7. The number of benzene rings is 2. The van der Waals surface area contributed by atoms with E-state index >= 15 is 0 Å². The molecule has 0 radical (unpaired) electrons. The first-order valence-corrected chi connectivity index (χ1v) is 12.2. The fourth-order valence-electron chi connectivity index (χ4n) is 3.73. The largest absolute Gasteiger partial charge is 0.573 e. The first-order valence-electron chi connectivity index (χ1n) is 10.7. The molecule has 1 saturated carbocycles. The number of piperidine rings is 1. The average molecular weight is 494 g/mol. The second-order valence-corrected chi connectivity index (χ2v) is 10.1. The molecule has 1 aliphatic carbocycles. The van der Waals surface area contributed by atoms with Gasteiger partial charge in [0.15, 0.2) is 5.69 Å². The number of ether oxygens (including phenoxy) is 1. The van der Waals surface area contributed by atoms with E-state index in [0.717, 1.165) is 48.4 Å². The monoisotopic (exact) mass is 493 g/mol. The van der Waals surface area contributed by atoms with Gasteiger partial charge in [-0.1, -0.05) is 23.4 Å². The topological polar surface area (TPSA) is 72.6 Å². The molecule has 2 aromatic rings. The minimum atomic E-state index is -4.84. The van der Waals surface area contributed by atoms with Crippen LogP contribution in [0.3, 0.4) is 0 Å². The Labute approximate surface area is 195 Å². The number of hydrogen-bond donors (Lipinski definition) is 0. The molecule has 0 unspecified atom stereocenters. The Hall–Kier alpha value is -3.10. The van der Waals surface area contributed by atoms with E-state index in [2.05, 4.69) is 14.7 Å². The Morgan fingerprint density at radius 2 is 1.74 bits per heavy atom. The van der Waals surface area contributed by atoms with Crippen molar-refractivity contribution in [1.29, 1.82) is 0 Å². The molecule has 2 aliphatic rings. The van der Waals surface area contributed by atoms with E-state index in [0.29, 0.717) is 24.4 Å². The lowest BCUT2D eigenvalue weighted by atomic mass is 10.1. The van der Waals surface area contributed by atoms with E-state index in [4.69, 9.17) is 11.4 Å². The maximum absolute atomic E-state index is 12.9. The van der Waals surface area contributed by atoms with Crippen molar-refractivity contribution >= 4 is 21.4 Å². The highest BCUT2D eigenvalue weighted by atomic mass is 32.2. The van der Waals surface area contributed by atoms with Crippen LogP contribution in [0.15, 0.2) is 58.6 Å². The van der Waals surface area contributed by atoms with Crippen LogP contribution in [-0.4, -0.2) is 44.0 Å². The van der Waals surface area contributed by atoms with Gasteiger partial charge in [-0.15, -0.1) is 13.2 Å². The van der Waals surface area contributed by atoms with E-state index in [9.17, 15) is 21.6 Å². The summed E-state index contributed by atoms with van der Waals surface area (Å²) in [5, 5.41) is 4.38. The van der Waals surface area contributed by atoms with E-state index in [1.54, 1.807) is 12.1 Å². The lowest BCUT2D eigenvalue weighted by molar-refractivity contribution is -0.274. The number of nitrogens with zero attached hydrogens (tertiary/aromatic N) is 3. The maximum atomic E-state index is 12.9. The van der Waals surface area contributed by atoms with Crippen molar-refractivity contribution in [2.45, 2.75) is 43.0 Å². The van der Waals surface area contributed by atoms with E-state index < -0.39 is 22.1 Å². The van der Waals surface area contributed by atoms with Gasteiger partial charge in [0.1, 0.15) is 11.9 Å². The number of sulfonamides is 1. The van der Waals surface area contributed by atoms with Gasteiger partial charge in [-0.05, 0) is 48.7 Å². The fourth-order valence-corrected chi connectivity index (χ4v) is 5.20. The van der Waals surface area contributed by atoms with Crippen molar-refractivity contribution in [2.24, 2.45) is 11.1 Å². The zero-order valence-electron chi connectivity index (χ0n) is 18.0. The molecule has 0 spiro atoms. The van der Waals surface area contributed by atoms with Gasteiger partial charge in [-0.3, -0.25) is 0 Å². The number of alkyl halides is 3. The van der Waals surface area contributed by atoms with Gasteiger partial charge in [0.2, 0.25) is 10.0 Å². The SMILES string of the molecule is [C-]#[N+]c1cccc(/C(=N\OC2CCN(S(=O)(=O)c3ccc(OC(F)(F)F)cc3)CC2)C2CC2)c1. The normalized spacial score (nSPS) is 18.4. The highest BCUT2D eigenvalue weighted by molar-refractivity contribution is 7.89. The van der Waals surface area contributed by atoms with Gasteiger partial charge in [0, 0.05) is 31.8 Å². The average Bonchev–Trinajstić information content (AvgIpc) is 3.64. The fraction of sp³-hybridized carbons (Fsp3) is 0.391. The van der Waals surface area contributed by atoms with Crippen molar-refractivity contribution in [3.8, 4) is 5.75 Å². The minimum Gasteiger partial charge on any atom is -0.406 e. The summed E-state index contributed by atoms with van der Waals surface area (Å²) in [6, 6.07) is 11.4. The lowest BCUT2D eigenvalue weighted by Crippen LogP contribution is -2.40. The summed E-state index contributed by atoms with van der Waals surface area (Å²) in [5.74, 6) is -0.185. The van der Waals surface area contributed by atoms with E-state index in [1.807, 2.05) is 12.1 Å². The first-order chi connectivity index (χ1) is 16.2. The van der Waals surface area contributed by atoms with Gasteiger partial charge >= 0.3 is 6.36 Å². The summed E-state index contributed by atoms with van der Waals surface area (Å²) in [5.41, 5.74) is 2.19. The summed E-state index contributed by atoms with van der Waals surface area (Å²) in [6.07, 6.45) is -2.23. The smallest absolute Gasteiger partial charge is 0.406 e. The molecule has 0 bridgehead atoms. The van der Waals surface area contributed by atoms with Crippen LogP contribution in [-0.2, 0) is 14.9 Å². The van der Waals surface area contributed by atoms with Crippen molar-refractivity contribution in [3.63, 3.8) is 0 Å². The van der Waals surface area contributed by atoms with Crippen LogP contribution >= 0.6 is 0 Å². The lowest BCUT2D eigenvalue weighted by Gasteiger charge is -2.30. The summed E-state index contributed by atoms with van der Waals surface area (Å²) in [7, 11) is -3.85. The van der Waals surface area contributed by atoms with Gasteiger partial charge < -0.3 is 9.57 Å². The quantitative estimate of drug-likeness (QED) is 0.305. The first kappa shape index (κ1) is 24.0. The molecule has 1 aliphatic heterocycles. The number of oxime groups is 1. The van der Waals surface area contributed by atoms with Gasteiger partial charge in [-0.2, -0.15) is 4.31 Å².